The van der Waals surface area contributed by atoms with Gasteiger partial charge in [-0.3, -0.25) is 9.48 Å². The number of amides is 3. The molecule has 116 valence electrons. The first-order valence-corrected chi connectivity index (χ1v) is 7.27. The van der Waals surface area contributed by atoms with Gasteiger partial charge in [0.05, 0.1) is 5.69 Å². The minimum Gasteiger partial charge on any atom is -0.354 e. The summed E-state index contributed by atoms with van der Waals surface area (Å²) in [5.41, 5.74) is 3.23. The molecule has 1 fully saturated rings. The summed E-state index contributed by atoms with van der Waals surface area (Å²) in [4.78, 5) is 24.9. The average Bonchev–Trinajstić information content (AvgIpc) is 2.93. The van der Waals surface area contributed by atoms with Gasteiger partial charge < -0.3 is 15.5 Å². The van der Waals surface area contributed by atoms with E-state index in [1.54, 1.807) is 4.90 Å². The maximum atomic E-state index is 11.8. The van der Waals surface area contributed by atoms with Crippen molar-refractivity contribution in [2.24, 2.45) is 7.05 Å². The predicted molar refractivity (Wildman–Crippen MR) is 79.0 cm³/mol. The number of rotatable bonds is 6. The Morgan fingerprint density at radius 1 is 1.43 bits per heavy atom. The second-order valence-electron chi connectivity index (χ2n) is 5.34. The molecule has 2 heterocycles. The van der Waals surface area contributed by atoms with Gasteiger partial charge in [0.2, 0.25) is 5.91 Å². The van der Waals surface area contributed by atoms with Crippen LogP contribution in [0.5, 0.6) is 0 Å². The molecule has 0 aliphatic carbocycles. The number of urea groups is 1. The van der Waals surface area contributed by atoms with Crippen LogP contribution < -0.4 is 10.6 Å². The Labute approximate surface area is 124 Å². The van der Waals surface area contributed by atoms with Crippen LogP contribution >= 0.6 is 0 Å². The van der Waals surface area contributed by atoms with Crippen LogP contribution in [0.3, 0.4) is 0 Å². The molecule has 2 N–H and O–H groups in total. The SMILES string of the molecule is Cc1nn(C)c(C)c1CCC(=O)NCCN1CCNC1=O. The smallest absolute Gasteiger partial charge is 0.317 e. The largest absolute Gasteiger partial charge is 0.354 e. The zero-order chi connectivity index (χ0) is 15.4. The van der Waals surface area contributed by atoms with E-state index in [1.807, 2.05) is 25.6 Å². The van der Waals surface area contributed by atoms with Gasteiger partial charge in [-0.05, 0) is 25.8 Å². The van der Waals surface area contributed by atoms with Crippen molar-refractivity contribution in [3.05, 3.63) is 17.0 Å². The number of aromatic nitrogens is 2. The fourth-order valence-corrected chi connectivity index (χ4v) is 2.56. The topological polar surface area (TPSA) is 79.3 Å². The van der Waals surface area contributed by atoms with Crippen LogP contribution in [-0.2, 0) is 18.3 Å². The highest BCUT2D eigenvalue weighted by molar-refractivity contribution is 5.77. The van der Waals surface area contributed by atoms with Crippen molar-refractivity contribution in [1.29, 1.82) is 0 Å². The molecule has 0 atom stereocenters. The molecule has 0 unspecified atom stereocenters. The summed E-state index contributed by atoms with van der Waals surface area (Å²) in [6.45, 7) is 6.43. The van der Waals surface area contributed by atoms with E-state index in [0.717, 1.165) is 17.0 Å². The van der Waals surface area contributed by atoms with Crippen LogP contribution in [0, 0.1) is 13.8 Å². The standard InChI is InChI=1S/C14H23N5O2/c1-10-12(11(2)18(3)17-10)4-5-13(20)15-6-8-19-9-7-16-14(19)21/h4-9H2,1-3H3,(H,15,20)(H,16,21). The Kier molecular flexibility index (Phi) is 4.82. The van der Waals surface area contributed by atoms with Crippen molar-refractivity contribution in [2.45, 2.75) is 26.7 Å². The van der Waals surface area contributed by atoms with Gasteiger partial charge in [-0.15, -0.1) is 0 Å². The Balaban J connectivity index is 1.71. The van der Waals surface area contributed by atoms with Crippen LogP contribution in [0.15, 0.2) is 0 Å². The first kappa shape index (κ1) is 15.3. The van der Waals surface area contributed by atoms with Crippen molar-refractivity contribution in [3.63, 3.8) is 0 Å². The maximum absolute atomic E-state index is 11.8. The summed E-state index contributed by atoms with van der Waals surface area (Å²) in [7, 11) is 1.91. The average molecular weight is 293 g/mol. The Morgan fingerprint density at radius 3 is 2.76 bits per heavy atom. The molecule has 1 aromatic rings. The second-order valence-corrected chi connectivity index (χ2v) is 5.34. The van der Waals surface area contributed by atoms with E-state index in [9.17, 15) is 9.59 Å². The third-order valence-corrected chi connectivity index (χ3v) is 3.91. The molecule has 0 saturated carbocycles. The van der Waals surface area contributed by atoms with Crippen molar-refractivity contribution in [1.82, 2.24) is 25.3 Å². The minimum absolute atomic E-state index is 0.0114. The molecule has 0 spiro atoms. The van der Waals surface area contributed by atoms with Crippen molar-refractivity contribution >= 4 is 11.9 Å². The summed E-state index contributed by atoms with van der Waals surface area (Å²) >= 11 is 0. The highest BCUT2D eigenvalue weighted by Crippen LogP contribution is 2.13. The Morgan fingerprint density at radius 2 is 2.19 bits per heavy atom. The normalized spacial score (nSPS) is 14.4. The summed E-state index contributed by atoms with van der Waals surface area (Å²) in [5.74, 6) is 0.0114. The van der Waals surface area contributed by atoms with E-state index in [2.05, 4.69) is 15.7 Å². The molecule has 0 bridgehead atoms. The summed E-state index contributed by atoms with van der Waals surface area (Å²) < 4.78 is 1.84. The zero-order valence-corrected chi connectivity index (χ0v) is 12.9. The van der Waals surface area contributed by atoms with Gasteiger partial charge in [0, 0.05) is 45.3 Å². The molecule has 2 rings (SSSR count). The molecule has 1 aliphatic rings. The summed E-state index contributed by atoms with van der Waals surface area (Å²) in [6.07, 6.45) is 1.14. The van der Waals surface area contributed by atoms with Crippen LogP contribution in [0.25, 0.3) is 0 Å². The number of nitrogens with zero attached hydrogens (tertiary/aromatic N) is 3. The van der Waals surface area contributed by atoms with Gasteiger partial charge in [0.1, 0.15) is 0 Å². The summed E-state index contributed by atoms with van der Waals surface area (Å²) in [5, 5.41) is 9.94. The molecular formula is C14H23N5O2. The number of carbonyl (C=O) groups excluding carboxylic acids is 2. The highest BCUT2D eigenvalue weighted by atomic mass is 16.2. The third kappa shape index (κ3) is 3.74. The van der Waals surface area contributed by atoms with E-state index in [1.165, 1.54) is 0 Å². The van der Waals surface area contributed by atoms with Crippen LogP contribution in [0.1, 0.15) is 23.4 Å². The molecule has 7 nitrogen and oxygen atoms in total. The van der Waals surface area contributed by atoms with Gasteiger partial charge in [-0.25, -0.2) is 4.79 Å². The summed E-state index contributed by atoms with van der Waals surface area (Å²) in [6, 6.07) is -0.0501. The third-order valence-electron chi connectivity index (χ3n) is 3.91. The van der Waals surface area contributed by atoms with Crippen LogP contribution in [0.4, 0.5) is 4.79 Å². The fraction of sp³-hybridized carbons (Fsp3) is 0.643. The number of nitrogens with one attached hydrogen (secondary N) is 2. The molecule has 0 aromatic carbocycles. The predicted octanol–water partition coefficient (Wildman–Crippen LogP) is 0.111. The van der Waals surface area contributed by atoms with Crippen molar-refractivity contribution in [2.75, 3.05) is 26.2 Å². The van der Waals surface area contributed by atoms with E-state index in [-0.39, 0.29) is 11.9 Å². The van der Waals surface area contributed by atoms with Gasteiger partial charge in [-0.2, -0.15) is 5.10 Å². The van der Waals surface area contributed by atoms with E-state index in [4.69, 9.17) is 0 Å². The quantitative estimate of drug-likeness (QED) is 0.781. The van der Waals surface area contributed by atoms with Crippen molar-refractivity contribution < 1.29 is 9.59 Å². The monoisotopic (exact) mass is 293 g/mol. The fourth-order valence-electron chi connectivity index (χ4n) is 2.56. The molecule has 1 aliphatic heterocycles. The molecule has 0 radical (unpaired) electrons. The van der Waals surface area contributed by atoms with E-state index >= 15 is 0 Å². The van der Waals surface area contributed by atoms with Gasteiger partial charge in [-0.1, -0.05) is 0 Å². The lowest BCUT2D eigenvalue weighted by Gasteiger charge is -2.14. The Hall–Kier alpha value is -2.05. The number of aryl methyl sites for hydroxylation is 2. The van der Waals surface area contributed by atoms with Crippen LogP contribution in [-0.4, -0.2) is 52.8 Å². The van der Waals surface area contributed by atoms with E-state index in [0.29, 0.717) is 39.0 Å². The number of hydrogen-bond acceptors (Lipinski definition) is 3. The Bertz CT molecular complexity index is 538. The molecule has 3 amide bonds. The zero-order valence-electron chi connectivity index (χ0n) is 12.9. The molecular weight excluding hydrogens is 270 g/mol. The first-order chi connectivity index (χ1) is 9.99. The first-order valence-electron chi connectivity index (χ1n) is 7.27. The minimum atomic E-state index is -0.0501. The lowest BCUT2D eigenvalue weighted by atomic mass is 10.1. The molecule has 1 saturated heterocycles. The molecule has 21 heavy (non-hydrogen) atoms. The van der Waals surface area contributed by atoms with Gasteiger partial charge in [0.15, 0.2) is 0 Å². The second kappa shape index (κ2) is 6.60. The number of carbonyl (C=O) groups is 2. The number of hydrogen-bond donors (Lipinski definition) is 2. The molecule has 7 heteroatoms. The lowest BCUT2D eigenvalue weighted by molar-refractivity contribution is -0.121. The maximum Gasteiger partial charge on any atom is 0.317 e. The van der Waals surface area contributed by atoms with E-state index < -0.39 is 0 Å². The highest BCUT2D eigenvalue weighted by Gasteiger charge is 2.18. The van der Waals surface area contributed by atoms with Crippen molar-refractivity contribution in [3.8, 4) is 0 Å². The van der Waals surface area contributed by atoms with Gasteiger partial charge in [0.25, 0.3) is 0 Å². The molecule has 1 aromatic heterocycles. The van der Waals surface area contributed by atoms with Crippen LogP contribution in [0.2, 0.25) is 0 Å². The van der Waals surface area contributed by atoms with Gasteiger partial charge >= 0.3 is 6.03 Å². The lowest BCUT2D eigenvalue weighted by Crippen LogP contribution is -2.36.